The fourth-order valence-corrected chi connectivity index (χ4v) is 0.997. The number of esters is 4. The minimum Gasteiger partial charge on any atom is -0.386 e. The van der Waals surface area contributed by atoms with Crippen LogP contribution in [0.5, 0.6) is 0 Å². The highest BCUT2D eigenvalue weighted by molar-refractivity contribution is 6.17. The van der Waals surface area contributed by atoms with E-state index in [9.17, 15) is 19.2 Å². The average molecular weight is 250 g/mol. The van der Waals surface area contributed by atoms with Crippen LogP contribution in [0.2, 0.25) is 0 Å². The summed E-state index contributed by atoms with van der Waals surface area (Å²) in [5.74, 6) is -2.41. The summed E-state index contributed by atoms with van der Waals surface area (Å²) in [7, 11) is 0. The van der Waals surface area contributed by atoms with Gasteiger partial charge in [0.25, 0.3) is 0 Å². The van der Waals surface area contributed by atoms with Crippen molar-refractivity contribution in [1.29, 1.82) is 0 Å². The van der Waals surface area contributed by atoms with E-state index in [2.05, 4.69) is 22.6 Å². The third-order valence-corrected chi connectivity index (χ3v) is 2.40. The highest BCUT2D eigenvalue weighted by atomic mass is 16.6. The Kier molecular flexibility index (Phi) is 3.61. The first-order valence-electron chi connectivity index (χ1n) is 4.84. The van der Waals surface area contributed by atoms with Gasteiger partial charge >= 0.3 is 23.9 Å². The van der Waals surface area contributed by atoms with E-state index >= 15 is 0 Å². The molecule has 0 atom stereocenters. The summed E-state index contributed by atoms with van der Waals surface area (Å²) in [6.45, 7) is 9.69. The molecule has 2 aliphatic rings. The molecule has 0 saturated carbocycles. The summed E-state index contributed by atoms with van der Waals surface area (Å²) in [6, 6.07) is 0. The topological polar surface area (TPSA) is 86.7 Å². The Morgan fingerprint density at radius 1 is 0.667 bits per heavy atom. The molecular weight excluding hydrogens is 240 g/mol. The standard InChI is InChI=1S/C6H6O3.C6H4O3/c2*1-3-4(2)6(8)9-5(3)7/h1-2H3;1-2H2. The number of carbonyl (C=O) groups excluding carboxylic acids is 4. The molecule has 0 spiro atoms. The summed E-state index contributed by atoms with van der Waals surface area (Å²) >= 11 is 0. The van der Waals surface area contributed by atoms with Crippen LogP contribution in [0.1, 0.15) is 13.8 Å². The van der Waals surface area contributed by atoms with Crippen molar-refractivity contribution in [2.45, 2.75) is 13.8 Å². The maximum Gasteiger partial charge on any atom is 0.346 e. The maximum atomic E-state index is 10.5. The maximum absolute atomic E-state index is 10.5. The lowest BCUT2D eigenvalue weighted by Crippen LogP contribution is -2.00. The molecule has 0 aliphatic carbocycles. The van der Waals surface area contributed by atoms with Gasteiger partial charge in [0.15, 0.2) is 0 Å². The van der Waals surface area contributed by atoms with E-state index in [0.717, 1.165) is 0 Å². The Morgan fingerprint density at radius 2 is 0.944 bits per heavy atom. The first-order chi connectivity index (χ1) is 8.25. The highest BCUT2D eigenvalue weighted by Gasteiger charge is 2.29. The number of rotatable bonds is 0. The molecule has 0 N–H and O–H groups in total. The summed E-state index contributed by atoms with van der Waals surface area (Å²) in [5, 5.41) is 0. The predicted molar refractivity (Wildman–Crippen MR) is 58.9 cm³/mol. The van der Waals surface area contributed by atoms with Gasteiger partial charge in [-0.3, -0.25) is 0 Å². The highest BCUT2D eigenvalue weighted by Crippen LogP contribution is 2.17. The molecule has 0 aromatic carbocycles. The Bertz CT molecular complexity index is 485. The molecule has 18 heavy (non-hydrogen) atoms. The number of hydrogen-bond acceptors (Lipinski definition) is 6. The molecule has 1 fully saturated rings. The molecule has 94 valence electrons. The van der Waals surface area contributed by atoms with Crippen LogP contribution >= 0.6 is 0 Å². The molecule has 2 rings (SSSR count). The normalized spacial score (nSPS) is 18.8. The Morgan fingerprint density at radius 3 is 1.06 bits per heavy atom. The molecule has 6 heteroatoms. The Hall–Kier alpha value is -2.50. The van der Waals surface area contributed by atoms with Gasteiger partial charge in [0, 0.05) is 11.1 Å². The lowest BCUT2D eigenvalue weighted by atomic mass is 10.2. The molecule has 0 unspecified atom stereocenters. The van der Waals surface area contributed by atoms with E-state index in [1.54, 1.807) is 13.8 Å². The van der Waals surface area contributed by atoms with Crippen molar-refractivity contribution in [2.24, 2.45) is 0 Å². The molecular formula is C12H10O6. The van der Waals surface area contributed by atoms with Crippen LogP contribution in [0.4, 0.5) is 0 Å². The van der Waals surface area contributed by atoms with Gasteiger partial charge in [0.2, 0.25) is 0 Å². The lowest BCUT2D eigenvalue weighted by Gasteiger charge is -1.84. The Labute approximate surface area is 103 Å². The molecule has 0 aromatic rings. The molecule has 0 radical (unpaired) electrons. The molecule has 1 saturated heterocycles. The third-order valence-electron chi connectivity index (χ3n) is 2.40. The van der Waals surface area contributed by atoms with Gasteiger partial charge in [0.1, 0.15) is 0 Å². The van der Waals surface area contributed by atoms with Crippen LogP contribution in [0, 0.1) is 0 Å². The average Bonchev–Trinajstić information content (AvgIpc) is 2.66. The smallest absolute Gasteiger partial charge is 0.346 e. The van der Waals surface area contributed by atoms with Gasteiger partial charge in [-0.1, -0.05) is 13.2 Å². The third kappa shape index (κ3) is 2.42. The van der Waals surface area contributed by atoms with E-state index in [0.29, 0.717) is 11.1 Å². The van der Waals surface area contributed by atoms with Crippen molar-refractivity contribution in [1.82, 2.24) is 0 Å². The van der Waals surface area contributed by atoms with Gasteiger partial charge in [-0.25, -0.2) is 19.2 Å². The second kappa shape index (κ2) is 4.79. The van der Waals surface area contributed by atoms with Crippen molar-refractivity contribution in [3.8, 4) is 0 Å². The second-order valence-electron chi connectivity index (χ2n) is 3.56. The van der Waals surface area contributed by atoms with Gasteiger partial charge in [-0.15, -0.1) is 0 Å². The lowest BCUT2D eigenvalue weighted by molar-refractivity contribution is -0.152. The van der Waals surface area contributed by atoms with E-state index in [1.165, 1.54) is 0 Å². The second-order valence-corrected chi connectivity index (χ2v) is 3.56. The first-order valence-corrected chi connectivity index (χ1v) is 4.84. The van der Waals surface area contributed by atoms with Gasteiger partial charge < -0.3 is 9.47 Å². The van der Waals surface area contributed by atoms with Crippen LogP contribution in [0.25, 0.3) is 0 Å². The zero-order valence-corrected chi connectivity index (χ0v) is 9.86. The van der Waals surface area contributed by atoms with Gasteiger partial charge in [-0.05, 0) is 13.8 Å². The summed E-state index contributed by atoms with van der Waals surface area (Å²) in [5.41, 5.74) is 0.944. The predicted octanol–water partition coefficient (Wildman–Crippen LogP) is 0.588. The van der Waals surface area contributed by atoms with Gasteiger partial charge in [-0.2, -0.15) is 0 Å². The molecule has 0 aromatic heterocycles. The SMILES string of the molecule is C=C1C(=C)C(=O)OC1=O.CC1=C(C)C(=O)OC1=O. The van der Waals surface area contributed by atoms with E-state index in [4.69, 9.17) is 0 Å². The van der Waals surface area contributed by atoms with Crippen molar-refractivity contribution in [3.05, 3.63) is 35.5 Å². The fraction of sp³-hybridized carbons (Fsp3) is 0.167. The van der Waals surface area contributed by atoms with Crippen LogP contribution in [-0.2, 0) is 28.7 Å². The number of hydrogen-bond donors (Lipinski definition) is 0. The van der Waals surface area contributed by atoms with Crippen LogP contribution in [-0.4, -0.2) is 23.9 Å². The quantitative estimate of drug-likeness (QED) is 0.355. The van der Waals surface area contributed by atoms with E-state index in [-0.39, 0.29) is 11.1 Å². The number of carbonyl (C=O) groups is 4. The molecule has 2 aliphatic heterocycles. The minimum absolute atomic E-state index is 0.0556. The molecule has 6 nitrogen and oxygen atoms in total. The summed E-state index contributed by atoms with van der Waals surface area (Å²) in [4.78, 5) is 41.8. The first kappa shape index (κ1) is 13.6. The Balaban J connectivity index is 0.000000180. The summed E-state index contributed by atoms with van der Waals surface area (Å²) in [6.07, 6.45) is 0. The molecule has 0 bridgehead atoms. The number of cyclic esters (lactones) is 4. The zero-order chi connectivity index (χ0) is 14.0. The van der Waals surface area contributed by atoms with Crippen LogP contribution < -0.4 is 0 Å². The monoisotopic (exact) mass is 250 g/mol. The summed E-state index contributed by atoms with van der Waals surface area (Å²) < 4.78 is 8.34. The zero-order valence-electron chi connectivity index (χ0n) is 9.86. The van der Waals surface area contributed by atoms with Crippen molar-refractivity contribution < 1.29 is 28.7 Å². The largest absolute Gasteiger partial charge is 0.386 e. The molecule has 0 amide bonds. The van der Waals surface area contributed by atoms with Crippen molar-refractivity contribution in [2.75, 3.05) is 0 Å². The molecule has 2 heterocycles. The fourth-order valence-electron chi connectivity index (χ4n) is 0.997. The van der Waals surface area contributed by atoms with Crippen molar-refractivity contribution >= 4 is 23.9 Å². The van der Waals surface area contributed by atoms with E-state index in [1.807, 2.05) is 0 Å². The van der Waals surface area contributed by atoms with Crippen molar-refractivity contribution in [3.63, 3.8) is 0 Å². The minimum atomic E-state index is -0.690. The van der Waals surface area contributed by atoms with Crippen LogP contribution in [0.3, 0.4) is 0 Å². The van der Waals surface area contributed by atoms with Crippen LogP contribution in [0.15, 0.2) is 35.5 Å². The van der Waals surface area contributed by atoms with Gasteiger partial charge in [0.05, 0.1) is 11.1 Å². The number of ether oxygens (including phenoxy) is 2. The van der Waals surface area contributed by atoms with E-state index < -0.39 is 23.9 Å².